The van der Waals surface area contributed by atoms with Crippen LogP contribution in [0, 0.1) is 0 Å². The van der Waals surface area contributed by atoms with Gasteiger partial charge in [-0.1, -0.05) is 24.3 Å². The van der Waals surface area contributed by atoms with E-state index in [2.05, 4.69) is 24.3 Å². The third kappa shape index (κ3) is 7.59. The zero-order valence-electron chi connectivity index (χ0n) is 14.7. The highest BCUT2D eigenvalue weighted by Gasteiger charge is 1.99. The topological polar surface area (TPSA) is 58.9 Å². The summed E-state index contributed by atoms with van der Waals surface area (Å²) in [4.78, 5) is 0. The normalized spacial score (nSPS) is 10.6. The highest BCUT2D eigenvalue weighted by molar-refractivity contribution is 5.29. The van der Waals surface area contributed by atoms with Crippen molar-refractivity contribution in [2.45, 2.75) is 32.1 Å². The second-order valence-corrected chi connectivity index (χ2v) is 5.99. The number of aliphatic hydroxyl groups excluding tert-OH is 2. The van der Waals surface area contributed by atoms with Gasteiger partial charge in [-0.2, -0.15) is 0 Å². The Morgan fingerprint density at radius 2 is 0.960 bits per heavy atom. The van der Waals surface area contributed by atoms with E-state index in [-0.39, 0.29) is 13.2 Å². The molecule has 0 aliphatic heterocycles. The first kappa shape index (κ1) is 19.3. The van der Waals surface area contributed by atoms with Crippen LogP contribution in [0.3, 0.4) is 0 Å². The summed E-state index contributed by atoms with van der Waals surface area (Å²) >= 11 is 0. The second-order valence-electron chi connectivity index (χ2n) is 5.99. The number of ether oxygens (including phenoxy) is 2. The SMILES string of the molecule is OCCCOc1ccc(CCCc2ccc(OCCCO)cc2)cc1. The monoisotopic (exact) mass is 344 g/mol. The third-order valence-electron chi connectivity index (χ3n) is 3.92. The number of hydrogen-bond donors (Lipinski definition) is 2. The molecule has 0 heterocycles. The van der Waals surface area contributed by atoms with E-state index in [1.807, 2.05) is 24.3 Å². The molecule has 136 valence electrons. The van der Waals surface area contributed by atoms with Gasteiger partial charge in [0.05, 0.1) is 13.2 Å². The maximum Gasteiger partial charge on any atom is 0.119 e. The Balaban J connectivity index is 1.69. The van der Waals surface area contributed by atoms with Crippen LogP contribution in [0.15, 0.2) is 48.5 Å². The summed E-state index contributed by atoms with van der Waals surface area (Å²) in [5, 5.41) is 17.5. The molecule has 0 saturated heterocycles. The standard InChI is InChI=1S/C21H28O4/c22-14-2-16-24-20-10-6-18(7-11-20)4-1-5-19-8-12-21(13-9-19)25-17-3-15-23/h6-13,22-23H,1-5,14-17H2. The van der Waals surface area contributed by atoms with Gasteiger partial charge >= 0.3 is 0 Å². The first-order chi connectivity index (χ1) is 12.3. The Kier molecular flexibility index (Phi) is 8.87. The number of benzene rings is 2. The molecule has 0 fully saturated rings. The molecule has 0 amide bonds. The fourth-order valence-electron chi connectivity index (χ4n) is 2.51. The molecule has 0 aliphatic rings. The molecule has 4 heteroatoms. The van der Waals surface area contributed by atoms with Gasteiger partial charge in [0, 0.05) is 26.1 Å². The maximum atomic E-state index is 8.75. The molecule has 2 aromatic rings. The maximum absolute atomic E-state index is 8.75. The van der Waals surface area contributed by atoms with Crippen LogP contribution in [0.1, 0.15) is 30.4 Å². The fraction of sp³-hybridized carbons (Fsp3) is 0.429. The van der Waals surface area contributed by atoms with E-state index in [0.29, 0.717) is 26.1 Å². The molecule has 0 spiro atoms. The molecule has 25 heavy (non-hydrogen) atoms. The van der Waals surface area contributed by atoms with E-state index in [9.17, 15) is 0 Å². The summed E-state index contributed by atoms with van der Waals surface area (Å²) in [5.41, 5.74) is 2.61. The van der Waals surface area contributed by atoms with Crippen LogP contribution in [0.4, 0.5) is 0 Å². The predicted molar refractivity (Wildman–Crippen MR) is 99.3 cm³/mol. The quantitative estimate of drug-likeness (QED) is 0.580. The number of aryl methyl sites for hydroxylation is 2. The van der Waals surface area contributed by atoms with Crippen molar-refractivity contribution in [2.24, 2.45) is 0 Å². The largest absolute Gasteiger partial charge is 0.494 e. The van der Waals surface area contributed by atoms with Gasteiger partial charge in [0.25, 0.3) is 0 Å². The summed E-state index contributed by atoms with van der Waals surface area (Å²) in [5.74, 6) is 1.71. The average molecular weight is 344 g/mol. The van der Waals surface area contributed by atoms with Crippen molar-refractivity contribution in [3.05, 3.63) is 59.7 Å². The first-order valence-corrected chi connectivity index (χ1v) is 8.97. The van der Waals surface area contributed by atoms with E-state index in [0.717, 1.165) is 30.8 Å². The lowest BCUT2D eigenvalue weighted by molar-refractivity contribution is 0.233. The molecule has 4 nitrogen and oxygen atoms in total. The Morgan fingerprint density at radius 3 is 1.32 bits per heavy atom. The Bertz CT molecular complexity index is 524. The minimum Gasteiger partial charge on any atom is -0.494 e. The van der Waals surface area contributed by atoms with E-state index >= 15 is 0 Å². The van der Waals surface area contributed by atoms with Gasteiger partial charge in [0.15, 0.2) is 0 Å². The van der Waals surface area contributed by atoms with Crippen LogP contribution in [-0.2, 0) is 12.8 Å². The van der Waals surface area contributed by atoms with Crippen LogP contribution in [0.5, 0.6) is 11.5 Å². The van der Waals surface area contributed by atoms with Crippen molar-refractivity contribution in [3.63, 3.8) is 0 Å². The van der Waals surface area contributed by atoms with Crippen LogP contribution >= 0.6 is 0 Å². The van der Waals surface area contributed by atoms with Crippen molar-refractivity contribution in [1.29, 1.82) is 0 Å². The van der Waals surface area contributed by atoms with Gasteiger partial charge in [-0.15, -0.1) is 0 Å². The lowest BCUT2D eigenvalue weighted by atomic mass is 10.0. The number of aliphatic hydroxyl groups is 2. The molecule has 0 saturated carbocycles. The van der Waals surface area contributed by atoms with E-state index in [1.54, 1.807) is 0 Å². The second kappa shape index (κ2) is 11.5. The Labute approximate surface area is 150 Å². The average Bonchev–Trinajstić information content (AvgIpc) is 2.65. The summed E-state index contributed by atoms with van der Waals surface area (Å²) in [6.45, 7) is 1.42. The minimum absolute atomic E-state index is 0.161. The van der Waals surface area contributed by atoms with Gasteiger partial charge < -0.3 is 19.7 Å². The molecule has 0 aromatic heterocycles. The highest BCUT2D eigenvalue weighted by atomic mass is 16.5. The Hall–Kier alpha value is -2.04. The number of hydrogen-bond acceptors (Lipinski definition) is 4. The molecular weight excluding hydrogens is 316 g/mol. The lowest BCUT2D eigenvalue weighted by Gasteiger charge is -2.08. The van der Waals surface area contributed by atoms with Gasteiger partial charge in [-0.3, -0.25) is 0 Å². The minimum atomic E-state index is 0.161. The zero-order valence-corrected chi connectivity index (χ0v) is 14.7. The fourth-order valence-corrected chi connectivity index (χ4v) is 2.51. The van der Waals surface area contributed by atoms with Crippen molar-refractivity contribution in [2.75, 3.05) is 26.4 Å². The number of rotatable bonds is 12. The molecule has 0 bridgehead atoms. The summed E-state index contributed by atoms with van der Waals surface area (Å²) in [6, 6.07) is 16.4. The predicted octanol–water partition coefficient (Wildman–Crippen LogP) is 3.38. The van der Waals surface area contributed by atoms with Crippen LogP contribution in [0.25, 0.3) is 0 Å². The molecule has 2 aromatic carbocycles. The summed E-state index contributed by atoms with van der Waals surface area (Å²) in [7, 11) is 0. The van der Waals surface area contributed by atoms with Gasteiger partial charge in [-0.05, 0) is 54.7 Å². The smallest absolute Gasteiger partial charge is 0.119 e. The molecule has 0 unspecified atom stereocenters. The summed E-state index contributed by atoms with van der Waals surface area (Å²) in [6.07, 6.45) is 4.48. The third-order valence-corrected chi connectivity index (χ3v) is 3.92. The lowest BCUT2D eigenvalue weighted by Crippen LogP contribution is -2.00. The van der Waals surface area contributed by atoms with Gasteiger partial charge in [-0.25, -0.2) is 0 Å². The van der Waals surface area contributed by atoms with Crippen molar-refractivity contribution in [3.8, 4) is 11.5 Å². The van der Waals surface area contributed by atoms with Crippen molar-refractivity contribution >= 4 is 0 Å². The molecule has 2 N–H and O–H groups in total. The van der Waals surface area contributed by atoms with Crippen molar-refractivity contribution in [1.82, 2.24) is 0 Å². The first-order valence-electron chi connectivity index (χ1n) is 8.97. The van der Waals surface area contributed by atoms with E-state index < -0.39 is 0 Å². The zero-order chi connectivity index (χ0) is 17.7. The van der Waals surface area contributed by atoms with Gasteiger partial charge in [0.1, 0.15) is 11.5 Å². The highest BCUT2D eigenvalue weighted by Crippen LogP contribution is 2.16. The van der Waals surface area contributed by atoms with Crippen LogP contribution in [0.2, 0.25) is 0 Å². The molecular formula is C21H28O4. The molecule has 0 radical (unpaired) electrons. The molecule has 2 rings (SSSR count). The van der Waals surface area contributed by atoms with Crippen LogP contribution in [-0.4, -0.2) is 36.6 Å². The summed E-state index contributed by atoms with van der Waals surface area (Å²) < 4.78 is 11.1. The van der Waals surface area contributed by atoms with Crippen molar-refractivity contribution < 1.29 is 19.7 Å². The van der Waals surface area contributed by atoms with E-state index in [1.165, 1.54) is 11.1 Å². The van der Waals surface area contributed by atoms with E-state index in [4.69, 9.17) is 19.7 Å². The molecule has 0 atom stereocenters. The van der Waals surface area contributed by atoms with Gasteiger partial charge in [0.2, 0.25) is 0 Å². The Morgan fingerprint density at radius 1 is 0.560 bits per heavy atom. The molecule has 0 aliphatic carbocycles. The van der Waals surface area contributed by atoms with Crippen LogP contribution < -0.4 is 9.47 Å².